The van der Waals surface area contributed by atoms with Crippen LogP contribution in [0.15, 0.2) is 18.6 Å². The van der Waals surface area contributed by atoms with Gasteiger partial charge < -0.3 is 15.1 Å². The zero-order chi connectivity index (χ0) is 12.3. The molecule has 0 saturated heterocycles. The summed E-state index contributed by atoms with van der Waals surface area (Å²) in [4.78, 5) is 8.78. The van der Waals surface area contributed by atoms with E-state index >= 15 is 0 Å². The largest absolute Gasteiger partial charge is 0.369 e. The third kappa shape index (κ3) is 2.65. The van der Waals surface area contributed by atoms with Gasteiger partial charge in [0.15, 0.2) is 11.5 Å². The van der Waals surface area contributed by atoms with Crippen LogP contribution in [0, 0.1) is 0 Å². The Balaban J connectivity index is 2.36. The summed E-state index contributed by atoms with van der Waals surface area (Å²) in [6.07, 6.45) is 6.69. The van der Waals surface area contributed by atoms with E-state index in [4.69, 9.17) is 0 Å². The van der Waals surface area contributed by atoms with Crippen molar-refractivity contribution in [2.45, 2.75) is 13.3 Å². The summed E-state index contributed by atoms with van der Waals surface area (Å²) in [5.41, 5.74) is 3.97. The number of aromatic nitrogens is 3. The van der Waals surface area contributed by atoms with Gasteiger partial charge in [0.25, 0.3) is 0 Å². The smallest absolute Gasteiger partial charge is 0.186 e. The van der Waals surface area contributed by atoms with E-state index in [2.05, 4.69) is 27.6 Å². The topological polar surface area (TPSA) is 57.5 Å². The molecule has 0 aliphatic rings. The average Bonchev–Trinajstić information content (AvgIpc) is 2.73. The lowest BCUT2D eigenvalue weighted by Crippen LogP contribution is -2.21. The van der Waals surface area contributed by atoms with E-state index in [1.54, 1.807) is 6.20 Å². The summed E-state index contributed by atoms with van der Waals surface area (Å²) in [5, 5.41) is 5.12. The zero-order valence-corrected chi connectivity index (χ0v) is 10.4. The maximum atomic E-state index is 4.50. The fourth-order valence-corrected chi connectivity index (χ4v) is 1.56. The first-order chi connectivity index (χ1) is 8.20. The van der Waals surface area contributed by atoms with Crippen LogP contribution in [-0.4, -0.2) is 40.0 Å². The van der Waals surface area contributed by atoms with Crippen molar-refractivity contribution >= 4 is 17.3 Å². The lowest BCUT2D eigenvalue weighted by atomic mass is 10.5. The molecule has 0 spiro atoms. The second-order valence-electron chi connectivity index (χ2n) is 4.07. The van der Waals surface area contributed by atoms with Gasteiger partial charge in [-0.05, 0) is 6.42 Å². The Morgan fingerprint density at radius 2 is 2.24 bits per heavy atom. The molecule has 0 atom stereocenters. The van der Waals surface area contributed by atoms with E-state index in [9.17, 15) is 0 Å². The molecule has 2 rings (SSSR count). The molecule has 0 aromatic carbocycles. The van der Waals surface area contributed by atoms with Crippen molar-refractivity contribution in [2.75, 3.05) is 31.4 Å². The molecule has 6 heteroatoms. The molecule has 0 unspecified atom stereocenters. The van der Waals surface area contributed by atoms with Crippen LogP contribution in [0.2, 0.25) is 0 Å². The van der Waals surface area contributed by atoms with Crippen LogP contribution < -0.4 is 10.7 Å². The van der Waals surface area contributed by atoms with Crippen molar-refractivity contribution in [2.24, 2.45) is 0 Å². The van der Waals surface area contributed by atoms with Gasteiger partial charge in [-0.2, -0.15) is 0 Å². The molecule has 2 heterocycles. The zero-order valence-electron chi connectivity index (χ0n) is 10.4. The fraction of sp³-hybridized carbons (Fsp3) is 0.455. The van der Waals surface area contributed by atoms with Gasteiger partial charge in [0.05, 0.1) is 6.20 Å². The molecular formula is C11H18N6. The number of nitrogens with one attached hydrogen (secondary N) is 2. The number of hydrazine groups is 1. The van der Waals surface area contributed by atoms with Crippen LogP contribution in [-0.2, 0) is 0 Å². The molecule has 0 radical (unpaired) electrons. The Morgan fingerprint density at radius 3 is 2.94 bits per heavy atom. The predicted octanol–water partition coefficient (Wildman–Crippen LogP) is 1.44. The van der Waals surface area contributed by atoms with E-state index in [0.29, 0.717) is 0 Å². The summed E-state index contributed by atoms with van der Waals surface area (Å²) < 4.78 is 1.96. The Bertz CT molecular complexity index is 490. The first-order valence-corrected chi connectivity index (χ1v) is 5.72. The normalized spacial score (nSPS) is 11.1. The van der Waals surface area contributed by atoms with E-state index in [0.717, 1.165) is 30.2 Å². The molecule has 92 valence electrons. The minimum atomic E-state index is 0.751. The first-order valence-electron chi connectivity index (χ1n) is 5.72. The molecule has 0 aliphatic carbocycles. The number of anilines is 2. The lowest BCUT2D eigenvalue weighted by Gasteiger charge is -2.14. The minimum absolute atomic E-state index is 0.751. The van der Waals surface area contributed by atoms with Gasteiger partial charge in [-0.25, -0.2) is 15.0 Å². The standard InChI is InChI=1S/C11H18N6/c1-4-5-12-9-8-17-7-6-13-11(17)10(14-9)15-16(2)3/h6-8,12H,4-5H2,1-3H3,(H,14,15). The van der Waals surface area contributed by atoms with E-state index in [1.807, 2.05) is 35.9 Å². The maximum Gasteiger partial charge on any atom is 0.186 e. The third-order valence-electron chi connectivity index (χ3n) is 2.26. The van der Waals surface area contributed by atoms with Crippen LogP contribution in [0.4, 0.5) is 11.6 Å². The molecule has 2 N–H and O–H groups in total. The van der Waals surface area contributed by atoms with Crippen molar-refractivity contribution in [3.05, 3.63) is 18.6 Å². The summed E-state index contributed by atoms with van der Waals surface area (Å²) in [6.45, 7) is 3.04. The van der Waals surface area contributed by atoms with Crippen LogP contribution in [0.3, 0.4) is 0 Å². The van der Waals surface area contributed by atoms with Crippen LogP contribution in [0.1, 0.15) is 13.3 Å². The number of nitrogens with zero attached hydrogens (tertiary/aromatic N) is 4. The molecule has 2 aromatic rings. The van der Waals surface area contributed by atoms with Crippen molar-refractivity contribution < 1.29 is 0 Å². The fourth-order valence-electron chi connectivity index (χ4n) is 1.56. The minimum Gasteiger partial charge on any atom is -0.369 e. The second kappa shape index (κ2) is 5.01. The van der Waals surface area contributed by atoms with Crippen LogP contribution in [0.5, 0.6) is 0 Å². The maximum absolute atomic E-state index is 4.50. The quantitative estimate of drug-likeness (QED) is 0.767. The highest BCUT2D eigenvalue weighted by molar-refractivity contribution is 5.64. The summed E-state index contributed by atoms with van der Waals surface area (Å²) in [6, 6.07) is 0. The predicted molar refractivity (Wildman–Crippen MR) is 69.1 cm³/mol. The summed E-state index contributed by atoms with van der Waals surface area (Å²) >= 11 is 0. The Morgan fingerprint density at radius 1 is 1.41 bits per heavy atom. The molecule has 0 aliphatic heterocycles. The number of hydrogen-bond donors (Lipinski definition) is 2. The van der Waals surface area contributed by atoms with Crippen molar-refractivity contribution in [1.29, 1.82) is 0 Å². The molecule has 6 nitrogen and oxygen atoms in total. The SMILES string of the molecule is CCCNc1cn2ccnc2c(NN(C)C)n1. The number of rotatable bonds is 5. The van der Waals surface area contributed by atoms with Gasteiger partial charge in [-0.3, -0.25) is 0 Å². The molecule has 0 amide bonds. The Kier molecular flexibility index (Phi) is 3.43. The van der Waals surface area contributed by atoms with E-state index in [-0.39, 0.29) is 0 Å². The Hall–Kier alpha value is -1.82. The number of hydrogen-bond acceptors (Lipinski definition) is 5. The van der Waals surface area contributed by atoms with Crippen LogP contribution >= 0.6 is 0 Å². The van der Waals surface area contributed by atoms with Gasteiger partial charge in [0, 0.05) is 33.0 Å². The second-order valence-corrected chi connectivity index (χ2v) is 4.07. The lowest BCUT2D eigenvalue weighted by molar-refractivity contribution is 0.493. The molecule has 0 fully saturated rings. The van der Waals surface area contributed by atoms with Crippen molar-refractivity contribution in [1.82, 2.24) is 19.4 Å². The molecular weight excluding hydrogens is 216 g/mol. The first kappa shape index (κ1) is 11.7. The van der Waals surface area contributed by atoms with Gasteiger partial charge in [-0.15, -0.1) is 0 Å². The van der Waals surface area contributed by atoms with E-state index in [1.165, 1.54) is 0 Å². The highest BCUT2D eigenvalue weighted by Gasteiger charge is 2.07. The Labute approximate surface area is 101 Å². The summed E-state index contributed by atoms with van der Waals surface area (Å²) in [5.74, 6) is 1.60. The molecule has 0 bridgehead atoms. The average molecular weight is 234 g/mol. The van der Waals surface area contributed by atoms with Gasteiger partial charge in [0.1, 0.15) is 5.82 Å². The monoisotopic (exact) mass is 234 g/mol. The summed E-state index contributed by atoms with van der Waals surface area (Å²) in [7, 11) is 3.85. The highest BCUT2D eigenvalue weighted by atomic mass is 15.5. The number of fused-ring (bicyclic) bond motifs is 1. The van der Waals surface area contributed by atoms with Crippen LogP contribution in [0.25, 0.3) is 5.65 Å². The van der Waals surface area contributed by atoms with E-state index < -0.39 is 0 Å². The molecule has 0 saturated carbocycles. The molecule has 17 heavy (non-hydrogen) atoms. The van der Waals surface area contributed by atoms with Gasteiger partial charge >= 0.3 is 0 Å². The highest BCUT2D eigenvalue weighted by Crippen LogP contribution is 2.16. The third-order valence-corrected chi connectivity index (χ3v) is 2.26. The molecule has 2 aromatic heterocycles. The van der Waals surface area contributed by atoms with Crippen molar-refractivity contribution in [3.63, 3.8) is 0 Å². The van der Waals surface area contributed by atoms with Gasteiger partial charge in [0.2, 0.25) is 0 Å². The van der Waals surface area contributed by atoms with Crippen molar-refractivity contribution in [3.8, 4) is 0 Å². The number of imidazole rings is 1. The van der Waals surface area contributed by atoms with Gasteiger partial charge in [-0.1, -0.05) is 6.92 Å².